The molecule has 2 amide bonds. The van der Waals surface area contributed by atoms with E-state index in [0.717, 1.165) is 4.90 Å². The van der Waals surface area contributed by atoms with Crippen LogP contribution in [0, 0.1) is 16.0 Å². The summed E-state index contributed by atoms with van der Waals surface area (Å²) in [5.74, 6) is -0.908. The van der Waals surface area contributed by atoms with Crippen LogP contribution >= 0.6 is 11.8 Å². The van der Waals surface area contributed by atoms with Crippen LogP contribution in [0.15, 0.2) is 23.1 Å². The first-order chi connectivity index (χ1) is 12.7. The summed E-state index contributed by atoms with van der Waals surface area (Å²) in [5.41, 5.74) is 0.0955. The van der Waals surface area contributed by atoms with Crippen molar-refractivity contribution in [3.8, 4) is 5.75 Å². The van der Waals surface area contributed by atoms with Crippen LogP contribution in [0.5, 0.6) is 5.75 Å². The number of nitro benzene ring substituents is 1. The van der Waals surface area contributed by atoms with Gasteiger partial charge in [0.25, 0.3) is 16.8 Å². The molecule has 0 N–H and O–H groups in total. The molecule has 0 aromatic heterocycles. The third-order valence-corrected chi connectivity index (χ3v) is 4.36. The number of carbonyl (C=O) groups is 3. The van der Waals surface area contributed by atoms with Gasteiger partial charge in [-0.2, -0.15) is 0 Å². The van der Waals surface area contributed by atoms with Gasteiger partial charge in [0.05, 0.1) is 23.5 Å². The molecule has 144 valence electrons. The number of ether oxygens (including phenoxy) is 2. The van der Waals surface area contributed by atoms with Gasteiger partial charge in [-0.05, 0) is 29.8 Å². The number of rotatable bonds is 7. The molecule has 1 aromatic rings. The number of benzene rings is 1. The molecule has 0 aliphatic carbocycles. The number of methoxy groups -OCH3 is 1. The number of esters is 1. The van der Waals surface area contributed by atoms with Crippen LogP contribution in [0.25, 0.3) is 6.08 Å². The van der Waals surface area contributed by atoms with Gasteiger partial charge < -0.3 is 9.47 Å². The molecule has 1 heterocycles. The van der Waals surface area contributed by atoms with E-state index < -0.39 is 28.6 Å². The van der Waals surface area contributed by atoms with Gasteiger partial charge in [0.15, 0.2) is 0 Å². The second kappa shape index (κ2) is 8.67. The number of carbonyl (C=O) groups excluding carboxylic acids is 3. The summed E-state index contributed by atoms with van der Waals surface area (Å²) in [6, 6.07) is 3.91. The normalized spacial score (nSPS) is 15.6. The topological polar surface area (TPSA) is 116 Å². The zero-order valence-electron chi connectivity index (χ0n) is 15.0. The van der Waals surface area contributed by atoms with E-state index in [1.54, 1.807) is 0 Å². The Morgan fingerprint density at radius 1 is 1.37 bits per heavy atom. The molecule has 2 rings (SSSR count). The maximum Gasteiger partial charge on any atom is 0.326 e. The third-order valence-electron chi connectivity index (χ3n) is 3.45. The molecule has 0 saturated carbocycles. The van der Waals surface area contributed by atoms with E-state index in [9.17, 15) is 24.5 Å². The van der Waals surface area contributed by atoms with Crippen molar-refractivity contribution < 1.29 is 28.8 Å². The first-order valence-electron chi connectivity index (χ1n) is 7.96. The summed E-state index contributed by atoms with van der Waals surface area (Å²) in [6.07, 6.45) is 1.33. The van der Waals surface area contributed by atoms with Crippen LogP contribution in [-0.2, 0) is 14.3 Å². The number of nitro groups is 1. The molecule has 1 aliphatic rings. The Morgan fingerprint density at radius 3 is 2.67 bits per heavy atom. The van der Waals surface area contributed by atoms with Crippen molar-refractivity contribution in [1.82, 2.24) is 4.90 Å². The minimum Gasteiger partial charge on any atom is -0.496 e. The Morgan fingerprint density at radius 2 is 2.07 bits per heavy atom. The average Bonchev–Trinajstić information content (AvgIpc) is 2.87. The lowest BCUT2D eigenvalue weighted by Gasteiger charge is -2.12. The van der Waals surface area contributed by atoms with E-state index in [0.29, 0.717) is 17.5 Å². The molecular weight excluding hydrogens is 376 g/mol. The fourth-order valence-electron chi connectivity index (χ4n) is 2.16. The molecule has 1 aromatic carbocycles. The van der Waals surface area contributed by atoms with Crippen molar-refractivity contribution in [2.75, 3.05) is 20.3 Å². The van der Waals surface area contributed by atoms with Crippen LogP contribution in [0.4, 0.5) is 10.5 Å². The molecule has 0 unspecified atom stereocenters. The summed E-state index contributed by atoms with van der Waals surface area (Å²) in [4.78, 5) is 47.5. The number of nitrogens with zero attached hydrogens (tertiary/aromatic N) is 2. The second-order valence-corrected chi connectivity index (χ2v) is 7.02. The van der Waals surface area contributed by atoms with Crippen molar-refractivity contribution >= 4 is 40.6 Å². The minimum absolute atomic E-state index is 0.0375. The standard InChI is InChI=1S/C17H18N2O7S/c1-10(2)9-26-15(20)8-18-16(21)14(27-17(18)22)7-11-6-12(19(23)24)4-5-13(11)25-3/h4-7,10H,8-9H2,1-3H3/b14-7+. The molecule has 9 nitrogen and oxygen atoms in total. The van der Waals surface area contributed by atoms with Crippen molar-refractivity contribution in [2.45, 2.75) is 13.8 Å². The zero-order chi connectivity index (χ0) is 20.1. The first-order valence-corrected chi connectivity index (χ1v) is 8.78. The Bertz CT molecular complexity index is 819. The van der Waals surface area contributed by atoms with Crippen molar-refractivity contribution in [2.24, 2.45) is 5.92 Å². The summed E-state index contributed by atoms with van der Waals surface area (Å²) >= 11 is 0.642. The predicted molar refractivity (Wildman–Crippen MR) is 98.1 cm³/mol. The summed E-state index contributed by atoms with van der Waals surface area (Å²) in [6.45, 7) is 3.43. The first kappa shape index (κ1) is 20.4. The van der Waals surface area contributed by atoms with Gasteiger partial charge >= 0.3 is 5.97 Å². The average molecular weight is 394 g/mol. The third kappa shape index (κ3) is 5.07. The Balaban J connectivity index is 2.22. The largest absolute Gasteiger partial charge is 0.496 e. The molecule has 27 heavy (non-hydrogen) atoms. The molecule has 1 saturated heterocycles. The lowest BCUT2D eigenvalue weighted by molar-refractivity contribution is -0.384. The highest BCUT2D eigenvalue weighted by atomic mass is 32.2. The van der Waals surface area contributed by atoms with Crippen LogP contribution in [-0.4, -0.2) is 47.2 Å². The second-order valence-electron chi connectivity index (χ2n) is 6.03. The predicted octanol–water partition coefficient (Wildman–Crippen LogP) is 2.84. The van der Waals surface area contributed by atoms with Gasteiger partial charge in [-0.15, -0.1) is 0 Å². The van der Waals surface area contributed by atoms with Gasteiger partial charge in [-0.25, -0.2) is 0 Å². The highest BCUT2D eigenvalue weighted by Crippen LogP contribution is 2.35. The van der Waals surface area contributed by atoms with E-state index in [1.807, 2.05) is 13.8 Å². The Hall–Kier alpha value is -2.88. The van der Waals surface area contributed by atoms with Gasteiger partial charge in [0.1, 0.15) is 12.3 Å². The molecule has 10 heteroatoms. The molecule has 0 radical (unpaired) electrons. The number of amides is 2. The number of hydrogen-bond donors (Lipinski definition) is 0. The highest BCUT2D eigenvalue weighted by Gasteiger charge is 2.37. The van der Waals surface area contributed by atoms with Crippen LogP contribution in [0.2, 0.25) is 0 Å². The maximum atomic E-state index is 12.4. The fourth-order valence-corrected chi connectivity index (χ4v) is 2.99. The zero-order valence-corrected chi connectivity index (χ0v) is 15.8. The van der Waals surface area contributed by atoms with E-state index in [2.05, 4.69) is 0 Å². The monoisotopic (exact) mass is 394 g/mol. The molecular formula is C17H18N2O7S. The lowest BCUT2D eigenvalue weighted by atomic mass is 10.1. The summed E-state index contributed by atoms with van der Waals surface area (Å²) in [5, 5.41) is 10.3. The van der Waals surface area contributed by atoms with E-state index >= 15 is 0 Å². The van der Waals surface area contributed by atoms with Gasteiger partial charge in [-0.3, -0.25) is 29.4 Å². The van der Waals surface area contributed by atoms with Gasteiger partial charge in [0, 0.05) is 17.7 Å². The minimum atomic E-state index is -0.680. The van der Waals surface area contributed by atoms with Crippen LogP contribution in [0.3, 0.4) is 0 Å². The fraction of sp³-hybridized carbons (Fsp3) is 0.353. The van der Waals surface area contributed by atoms with Crippen LogP contribution in [0.1, 0.15) is 19.4 Å². The smallest absolute Gasteiger partial charge is 0.326 e. The van der Waals surface area contributed by atoms with E-state index in [4.69, 9.17) is 9.47 Å². The van der Waals surface area contributed by atoms with Crippen molar-refractivity contribution in [1.29, 1.82) is 0 Å². The van der Waals surface area contributed by atoms with Gasteiger partial charge in [0.2, 0.25) is 0 Å². The molecule has 1 aliphatic heterocycles. The highest BCUT2D eigenvalue weighted by molar-refractivity contribution is 8.18. The van der Waals surface area contributed by atoms with Gasteiger partial charge in [-0.1, -0.05) is 13.8 Å². The molecule has 0 atom stereocenters. The SMILES string of the molecule is COc1ccc([N+](=O)[O-])cc1/C=C1/SC(=O)N(CC(=O)OCC(C)C)C1=O. The Kier molecular flexibility index (Phi) is 6.56. The van der Waals surface area contributed by atoms with Crippen LogP contribution < -0.4 is 4.74 Å². The maximum absolute atomic E-state index is 12.4. The number of non-ortho nitro benzene ring substituents is 1. The number of thioether (sulfide) groups is 1. The lowest BCUT2D eigenvalue weighted by Crippen LogP contribution is -2.34. The summed E-state index contributed by atoms with van der Waals surface area (Å²) in [7, 11) is 1.38. The number of imide groups is 1. The number of hydrogen-bond acceptors (Lipinski definition) is 8. The quantitative estimate of drug-likeness (QED) is 0.300. The molecule has 0 spiro atoms. The van der Waals surface area contributed by atoms with E-state index in [-0.39, 0.29) is 28.7 Å². The molecule has 0 bridgehead atoms. The van der Waals surface area contributed by atoms with E-state index in [1.165, 1.54) is 31.4 Å². The summed E-state index contributed by atoms with van der Waals surface area (Å²) < 4.78 is 10.1. The van der Waals surface area contributed by atoms with Crippen molar-refractivity contribution in [3.63, 3.8) is 0 Å². The molecule has 1 fully saturated rings. The Labute approximate surface area is 159 Å². The van der Waals surface area contributed by atoms with Crippen molar-refractivity contribution in [3.05, 3.63) is 38.8 Å².